The van der Waals surface area contributed by atoms with Crippen LogP contribution in [0.5, 0.6) is 11.5 Å². The maximum absolute atomic E-state index is 14.3. The average Bonchev–Trinajstić information content (AvgIpc) is 3.61. The first kappa shape index (κ1) is 29.6. The summed E-state index contributed by atoms with van der Waals surface area (Å²) < 4.78 is 22.6. The number of halogens is 1. The van der Waals surface area contributed by atoms with Crippen molar-refractivity contribution in [1.29, 1.82) is 0 Å². The van der Waals surface area contributed by atoms with Crippen molar-refractivity contribution in [2.75, 3.05) is 37.6 Å². The van der Waals surface area contributed by atoms with Gasteiger partial charge in [-0.05, 0) is 70.6 Å². The minimum atomic E-state index is -0.502. The molecule has 1 N–H and O–H groups in total. The van der Waals surface area contributed by atoms with Crippen LogP contribution in [-0.2, 0) is 17.9 Å². The Morgan fingerprint density at radius 3 is 2.64 bits per heavy atom. The van der Waals surface area contributed by atoms with Crippen LogP contribution in [0.3, 0.4) is 0 Å². The summed E-state index contributed by atoms with van der Waals surface area (Å²) in [6.45, 7) is 10.9. The maximum Gasteiger partial charge on any atom is 0.257 e. The molecule has 1 atom stereocenters. The van der Waals surface area contributed by atoms with E-state index in [0.29, 0.717) is 37.7 Å². The second kappa shape index (κ2) is 11.7. The predicted molar refractivity (Wildman–Crippen MR) is 165 cm³/mol. The molecule has 0 unspecified atom stereocenters. The van der Waals surface area contributed by atoms with Crippen molar-refractivity contribution in [3.8, 4) is 11.5 Å². The van der Waals surface area contributed by atoms with Gasteiger partial charge in [-0.15, -0.1) is 0 Å². The molecule has 1 aromatic carbocycles. The van der Waals surface area contributed by atoms with Crippen molar-refractivity contribution in [3.63, 3.8) is 0 Å². The van der Waals surface area contributed by atoms with Crippen LogP contribution in [0.15, 0.2) is 36.9 Å². The van der Waals surface area contributed by atoms with E-state index in [9.17, 15) is 14.0 Å². The molecule has 238 valence electrons. The lowest BCUT2D eigenvalue weighted by Crippen LogP contribution is -2.61. The van der Waals surface area contributed by atoms with E-state index in [1.165, 1.54) is 37.4 Å². The Hall–Kier alpha value is -4.06. The molecular formula is C33H41FN8O3. The zero-order valence-corrected chi connectivity index (χ0v) is 26.2. The lowest BCUT2D eigenvalue weighted by molar-refractivity contribution is -0.136. The number of piperidine rings is 1. The number of anilines is 1. The lowest BCUT2D eigenvalue weighted by Gasteiger charge is -2.54. The number of ether oxygens (including phenoxy) is 1. The molecule has 4 aliphatic rings. The maximum atomic E-state index is 14.3. The fraction of sp³-hybridized carbons (Fsp3) is 0.545. The van der Waals surface area contributed by atoms with E-state index in [2.05, 4.69) is 30.0 Å². The van der Waals surface area contributed by atoms with Crippen molar-refractivity contribution in [2.24, 2.45) is 11.3 Å². The van der Waals surface area contributed by atoms with Crippen molar-refractivity contribution in [3.05, 3.63) is 59.6 Å². The summed E-state index contributed by atoms with van der Waals surface area (Å²) in [6, 6.07) is 3.64. The Morgan fingerprint density at radius 2 is 1.93 bits per heavy atom. The van der Waals surface area contributed by atoms with Gasteiger partial charge >= 0.3 is 0 Å². The van der Waals surface area contributed by atoms with E-state index in [1.807, 2.05) is 31.9 Å². The quantitative estimate of drug-likeness (QED) is 0.382. The molecule has 3 aliphatic heterocycles. The van der Waals surface area contributed by atoms with Crippen LogP contribution in [0.2, 0.25) is 0 Å². The third kappa shape index (κ3) is 5.64. The van der Waals surface area contributed by atoms with E-state index < -0.39 is 5.82 Å². The highest BCUT2D eigenvalue weighted by Gasteiger charge is 2.48. The third-order valence-corrected chi connectivity index (χ3v) is 9.90. The van der Waals surface area contributed by atoms with Gasteiger partial charge in [0.1, 0.15) is 23.9 Å². The molecule has 2 saturated heterocycles. The Morgan fingerprint density at radius 1 is 1.16 bits per heavy atom. The Kier molecular flexibility index (Phi) is 7.71. The number of carbonyl (C=O) groups is 2. The first-order chi connectivity index (χ1) is 21.7. The average molecular weight is 617 g/mol. The van der Waals surface area contributed by atoms with Gasteiger partial charge in [0.15, 0.2) is 11.6 Å². The number of nitrogens with zero attached hydrogens (tertiary/aromatic N) is 7. The number of hydrogen-bond acceptors (Lipinski definition) is 8. The molecule has 0 radical (unpaired) electrons. The van der Waals surface area contributed by atoms with E-state index in [1.54, 1.807) is 11.1 Å². The van der Waals surface area contributed by atoms with E-state index in [-0.39, 0.29) is 40.6 Å². The van der Waals surface area contributed by atoms with Crippen molar-refractivity contribution in [2.45, 2.75) is 71.6 Å². The largest absolute Gasteiger partial charge is 0.451 e. The summed E-state index contributed by atoms with van der Waals surface area (Å²) in [5.41, 5.74) is 2.45. The van der Waals surface area contributed by atoms with Gasteiger partial charge in [-0.1, -0.05) is 0 Å². The van der Waals surface area contributed by atoms with Crippen molar-refractivity contribution >= 4 is 17.6 Å². The minimum absolute atomic E-state index is 0.0453. The molecule has 3 aromatic rings. The second-order valence-electron chi connectivity index (χ2n) is 13.3. The number of nitrogens with one attached hydrogen (secondary N) is 1. The van der Waals surface area contributed by atoms with Gasteiger partial charge in [0, 0.05) is 62.8 Å². The molecule has 45 heavy (non-hydrogen) atoms. The van der Waals surface area contributed by atoms with Gasteiger partial charge in [0.05, 0.1) is 23.7 Å². The molecular weight excluding hydrogens is 575 g/mol. The number of benzene rings is 1. The van der Waals surface area contributed by atoms with Crippen LogP contribution in [-0.4, -0.2) is 80.1 Å². The highest BCUT2D eigenvalue weighted by molar-refractivity contribution is 5.97. The fourth-order valence-corrected chi connectivity index (χ4v) is 7.10. The van der Waals surface area contributed by atoms with Crippen LogP contribution in [0.4, 0.5) is 10.2 Å². The number of rotatable bonds is 9. The Balaban J connectivity index is 0.993. The first-order valence-corrected chi connectivity index (χ1v) is 16.2. The summed E-state index contributed by atoms with van der Waals surface area (Å²) in [5, 5.41) is 8.02. The second-order valence-corrected chi connectivity index (χ2v) is 13.3. The molecule has 3 fully saturated rings. The Bertz CT molecular complexity index is 1590. The number of hydrogen-bond donors (Lipinski definition) is 1. The zero-order chi connectivity index (χ0) is 31.3. The molecule has 0 bridgehead atoms. The van der Waals surface area contributed by atoms with Crippen molar-refractivity contribution in [1.82, 2.24) is 34.9 Å². The molecule has 1 aliphatic carbocycles. The van der Waals surface area contributed by atoms with Crippen molar-refractivity contribution < 1.29 is 18.7 Å². The molecule has 1 saturated carbocycles. The van der Waals surface area contributed by atoms with E-state index in [0.717, 1.165) is 49.7 Å². The van der Waals surface area contributed by atoms with Crippen LogP contribution < -0.4 is 15.0 Å². The molecule has 1 spiro atoms. The molecule has 11 nitrogen and oxygen atoms in total. The van der Waals surface area contributed by atoms with E-state index in [4.69, 9.17) is 4.74 Å². The summed E-state index contributed by atoms with van der Waals surface area (Å²) in [7, 11) is 0. The topological polar surface area (TPSA) is 109 Å². The molecule has 7 rings (SSSR count). The number of amides is 2. The van der Waals surface area contributed by atoms with Gasteiger partial charge in [-0.2, -0.15) is 5.10 Å². The molecule has 2 aromatic heterocycles. The third-order valence-electron chi connectivity index (χ3n) is 9.90. The molecule has 12 heteroatoms. The highest BCUT2D eigenvalue weighted by Crippen LogP contribution is 2.45. The summed E-state index contributed by atoms with van der Waals surface area (Å²) in [6.07, 6.45) is 9.32. The number of carbonyl (C=O) groups excluding carboxylic acids is 2. The lowest BCUT2D eigenvalue weighted by atomic mass is 9.72. The fourth-order valence-electron chi connectivity index (χ4n) is 7.10. The first-order valence-electron chi connectivity index (χ1n) is 16.2. The van der Waals surface area contributed by atoms with Crippen LogP contribution >= 0.6 is 0 Å². The van der Waals surface area contributed by atoms with Gasteiger partial charge in [0.25, 0.3) is 5.91 Å². The van der Waals surface area contributed by atoms with Crippen LogP contribution in [0.1, 0.15) is 74.1 Å². The van der Waals surface area contributed by atoms with Gasteiger partial charge in [-0.3, -0.25) is 19.6 Å². The van der Waals surface area contributed by atoms with Gasteiger partial charge in [0.2, 0.25) is 5.91 Å². The van der Waals surface area contributed by atoms with Crippen LogP contribution in [0, 0.1) is 17.2 Å². The van der Waals surface area contributed by atoms with Gasteiger partial charge in [-0.25, -0.2) is 14.4 Å². The standard InChI is InChI=1S/C33H41FN8O3/c1-4-41(21(2)3)31(43)24-13-23(34)7-8-27(24)45-28-16-35-20-37-30(28)40-18-33(19-40)9-11-39(12-10-33)32(44)29-25-14-38-42(17-22-5-6-22)26(25)15-36-29/h7-8,13-14,16,20-22,29,36H,4-6,9-12,15,17-19H2,1-3H3/t29-/m0/s1. The minimum Gasteiger partial charge on any atom is -0.451 e. The molecule has 2 amide bonds. The Labute approximate surface area is 262 Å². The smallest absolute Gasteiger partial charge is 0.257 e. The molecule has 5 heterocycles. The van der Waals surface area contributed by atoms with Gasteiger partial charge < -0.3 is 19.4 Å². The monoisotopic (exact) mass is 616 g/mol. The highest BCUT2D eigenvalue weighted by atomic mass is 19.1. The SMILES string of the molecule is CCN(C(=O)c1cc(F)ccc1Oc1cncnc1N1CC2(CCN(C(=O)[C@H]3NCc4c3cnn4CC3CC3)CC2)C1)C(C)C. The predicted octanol–water partition coefficient (Wildman–Crippen LogP) is 4.16. The number of fused-ring (bicyclic) bond motifs is 1. The summed E-state index contributed by atoms with van der Waals surface area (Å²) in [4.78, 5) is 41.4. The summed E-state index contributed by atoms with van der Waals surface area (Å²) >= 11 is 0. The zero-order valence-electron chi connectivity index (χ0n) is 26.2. The van der Waals surface area contributed by atoms with E-state index >= 15 is 0 Å². The summed E-state index contributed by atoms with van der Waals surface area (Å²) in [5.74, 6) is 1.40. The number of aromatic nitrogens is 4. The van der Waals surface area contributed by atoms with Crippen LogP contribution in [0.25, 0.3) is 0 Å². The number of likely N-dealkylation sites (tertiary alicyclic amines) is 1. The normalized spacial score (nSPS) is 20.3.